The summed E-state index contributed by atoms with van der Waals surface area (Å²) in [6, 6.07) is 0.615. The molecule has 2 rings (SSSR count). The Morgan fingerprint density at radius 1 is 1.50 bits per heavy atom. The molecular formula is C13H24N4S. The van der Waals surface area contributed by atoms with Gasteiger partial charge in [0.25, 0.3) is 0 Å². The molecule has 1 saturated heterocycles. The van der Waals surface area contributed by atoms with E-state index < -0.39 is 0 Å². The van der Waals surface area contributed by atoms with Gasteiger partial charge in [-0.1, -0.05) is 6.92 Å². The Bertz CT molecular complexity index is 366. The third-order valence-electron chi connectivity index (χ3n) is 3.50. The van der Waals surface area contributed by atoms with E-state index in [1.54, 1.807) is 11.3 Å². The molecule has 102 valence electrons. The average Bonchev–Trinajstić information content (AvgIpc) is 2.82. The van der Waals surface area contributed by atoms with E-state index in [9.17, 15) is 0 Å². The molecule has 4 nitrogen and oxygen atoms in total. The van der Waals surface area contributed by atoms with Gasteiger partial charge in [0.2, 0.25) is 0 Å². The molecular weight excluding hydrogens is 244 g/mol. The van der Waals surface area contributed by atoms with Crippen LogP contribution in [-0.4, -0.2) is 49.2 Å². The maximum atomic E-state index is 4.73. The number of hydrogen-bond acceptors (Lipinski definition) is 5. The fraction of sp³-hybridized carbons (Fsp3) is 0.769. The lowest BCUT2D eigenvalue weighted by Crippen LogP contribution is -2.50. The molecule has 0 amide bonds. The molecule has 0 aliphatic carbocycles. The summed E-state index contributed by atoms with van der Waals surface area (Å²) in [5.74, 6) is 0. The van der Waals surface area contributed by atoms with Crippen molar-refractivity contribution >= 4 is 16.5 Å². The van der Waals surface area contributed by atoms with Gasteiger partial charge in [-0.3, -0.25) is 0 Å². The minimum Gasteiger partial charge on any atom is -0.345 e. The van der Waals surface area contributed by atoms with Crippen molar-refractivity contribution in [1.82, 2.24) is 15.2 Å². The second kappa shape index (κ2) is 6.50. The Balaban J connectivity index is 1.89. The average molecular weight is 268 g/mol. The van der Waals surface area contributed by atoms with E-state index in [2.05, 4.69) is 41.4 Å². The minimum atomic E-state index is 0.615. The lowest BCUT2D eigenvalue weighted by Gasteiger charge is -2.37. The van der Waals surface area contributed by atoms with Crippen LogP contribution in [0, 0.1) is 0 Å². The van der Waals surface area contributed by atoms with Gasteiger partial charge in [0, 0.05) is 37.6 Å². The molecule has 2 heterocycles. The van der Waals surface area contributed by atoms with Crippen LogP contribution in [0.4, 0.5) is 5.13 Å². The first-order valence-electron chi connectivity index (χ1n) is 6.81. The molecule has 0 saturated carbocycles. The number of nitrogens with one attached hydrogen (secondary N) is 1. The number of aromatic nitrogens is 1. The zero-order chi connectivity index (χ0) is 13.0. The second-order valence-electron chi connectivity index (χ2n) is 5.07. The molecule has 1 fully saturated rings. The van der Waals surface area contributed by atoms with E-state index in [1.807, 2.05) is 0 Å². The highest BCUT2D eigenvalue weighted by Crippen LogP contribution is 2.23. The van der Waals surface area contributed by atoms with Crippen LogP contribution in [0.25, 0.3) is 0 Å². The number of rotatable bonds is 5. The molecule has 1 aromatic heterocycles. The molecule has 1 atom stereocenters. The van der Waals surface area contributed by atoms with Gasteiger partial charge in [-0.05, 0) is 26.9 Å². The van der Waals surface area contributed by atoms with Crippen molar-refractivity contribution in [3.8, 4) is 0 Å². The number of anilines is 1. The lowest BCUT2D eigenvalue weighted by atomic mass is 10.2. The van der Waals surface area contributed by atoms with Crippen LogP contribution >= 0.6 is 11.3 Å². The summed E-state index contributed by atoms with van der Waals surface area (Å²) >= 11 is 1.77. The van der Waals surface area contributed by atoms with Crippen molar-refractivity contribution in [2.24, 2.45) is 0 Å². The highest BCUT2D eigenvalue weighted by Gasteiger charge is 2.22. The normalized spacial score (nSPS) is 21.5. The largest absolute Gasteiger partial charge is 0.345 e. The first-order valence-corrected chi connectivity index (χ1v) is 7.69. The number of thiazole rings is 1. The highest BCUT2D eigenvalue weighted by molar-refractivity contribution is 7.13. The van der Waals surface area contributed by atoms with Crippen molar-refractivity contribution in [3.63, 3.8) is 0 Å². The molecule has 1 aromatic rings. The number of likely N-dealkylation sites (N-methyl/N-ethyl adjacent to an activating group) is 1. The molecule has 1 aliphatic rings. The van der Waals surface area contributed by atoms with Crippen molar-refractivity contribution in [1.29, 1.82) is 0 Å². The number of nitrogens with zero attached hydrogens (tertiary/aromatic N) is 3. The van der Waals surface area contributed by atoms with Gasteiger partial charge < -0.3 is 15.1 Å². The molecule has 1 aliphatic heterocycles. The van der Waals surface area contributed by atoms with Gasteiger partial charge in [-0.25, -0.2) is 4.98 Å². The summed E-state index contributed by atoms with van der Waals surface area (Å²) < 4.78 is 0. The van der Waals surface area contributed by atoms with Crippen molar-refractivity contribution in [2.75, 3.05) is 38.1 Å². The first kappa shape index (κ1) is 13.8. The molecule has 0 radical (unpaired) electrons. The van der Waals surface area contributed by atoms with E-state index in [0.717, 1.165) is 32.7 Å². The molecule has 0 bridgehead atoms. The SMILES string of the molecule is CCCNCc1csc(N2CCN(C)C(C)C2)n1. The Labute approximate surface area is 114 Å². The third-order valence-corrected chi connectivity index (χ3v) is 4.45. The summed E-state index contributed by atoms with van der Waals surface area (Å²) in [6.07, 6.45) is 1.17. The summed E-state index contributed by atoms with van der Waals surface area (Å²) in [6.45, 7) is 9.74. The summed E-state index contributed by atoms with van der Waals surface area (Å²) in [4.78, 5) is 9.55. The van der Waals surface area contributed by atoms with Crippen LogP contribution in [0.15, 0.2) is 5.38 Å². The monoisotopic (exact) mass is 268 g/mol. The van der Waals surface area contributed by atoms with E-state index >= 15 is 0 Å². The van der Waals surface area contributed by atoms with Gasteiger partial charge in [0.15, 0.2) is 5.13 Å². The van der Waals surface area contributed by atoms with Gasteiger partial charge >= 0.3 is 0 Å². The predicted molar refractivity (Wildman–Crippen MR) is 78.4 cm³/mol. The van der Waals surface area contributed by atoms with Crippen LogP contribution in [0.1, 0.15) is 26.0 Å². The Morgan fingerprint density at radius 3 is 3.06 bits per heavy atom. The molecule has 1 unspecified atom stereocenters. The number of piperazine rings is 1. The fourth-order valence-electron chi connectivity index (χ4n) is 2.14. The molecule has 1 N–H and O–H groups in total. The van der Waals surface area contributed by atoms with Crippen molar-refractivity contribution in [3.05, 3.63) is 11.1 Å². The lowest BCUT2D eigenvalue weighted by molar-refractivity contribution is 0.234. The standard InChI is InChI=1S/C13H24N4S/c1-4-5-14-8-12-10-18-13(15-12)17-7-6-16(3)11(2)9-17/h10-11,14H,4-9H2,1-3H3. The smallest absolute Gasteiger partial charge is 0.185 e. The van der Waals surface area contributed by atoms with E-state index in [0.29, 0.717) is 6.04 Å². The maximum absolute atomic E-state index is 4.73. The topological polar surface area (TPSA) is 31.4 Å². The summed E-state index contributed by atoms with van der Waals surface area (Å²) in [5.41, 5.74) is 1.18. The maximum Gasteiger partial charge on any atom is 0.185 e. The Morgan fingerprint density at radius 2 is 2.33 bits per heavy atom. The Hall–Kier alpha value is -0.650. The Kier molecular flexibility index (Phi) is 4.97. The van der Waals surface area contributed by atoms with Crippen molar-refractivity contribution in [2.45, 2.75) is 32.9 Å². The second-order valence-corrected chi connectivity index (χ2v) is 5.91. The molecule has 0 spiro atoms. The van der Waals surface area contributed by atoms with Crippen LogP contribution in [0.3, 0.4) is 0 Å². The summed E-state index contributed by atoms with van der Waals surface area (Å²) in [7, 11) is 2.20. The molecule has 5 heteroatoms. The first-order chi connectivity index (χ1) is 8.70. The van der Waals surface area contributed by atoms with Gasteiger partial charge in [0.05, 0.1) is 5.69 Å². The third kappa shape index (κ3) is 3.43. The molecule has 0 aromatic carbocycles. The van der Waals surface area contributed by atoms with Crippen LogP contribution in [0.2, 0.25) is 0 Å². The van der Waals surface area contributed by atoms with Gasteiger partial charge in [0.1, 0.15) is 0 Å². The van der Waals surface area contributed by atoms with Gasteiger partial charge in [-0.2, -0.15) is 0 Å². The van der Waals surface area contributed by atoms with Gasteiger partial charge in [-0.15, -0.1) is 11.3 Å². The van der Waals surface area contributed by atoms with Crippen LogP contribution in [-0.2, 0) is 6.54 Å². The predicted octanol–water partition coefficient (Wildman–Crippen LogP) is 1.78. The summed E-state index contributed by atoms with van der Waals surface area (Å²) in [5, 5.41) is 6.77. The minimum absolute atomic E-state index is 0.615. The fourth-order valence-corrected chi connectivity index (χ4v) is 3.00. The quantitative estimate of drug-likeness (QED) is 0.825. The number of hydrogen-bond donors (Lipinski definition) is 1. The van der Waals surface area contributed by atoms with E-state index in [1.165, 1.54) is 17.2 Å². The highest BCUT2D eigenvalue weighted by atomic mass is 32.1. The molecule has 18 heavy (non-hydrogen) atoms. The van der Waals surface area contributed by atoms with Crippen molar-refractivity contribution < 1.29 is 0 Å². The zero-order valence-electron chi connectivity index (χ0n) is 11.6. The zero-order valence-corrected chi connectivity index (χ0v) is 12.5. The van der Waals surface area contributed by atoms with E-state index in [4.69, 9.17) is 4.98 Å². The van der Waals surface area contributed by atoms with Crippen LogP contribution in [0.5, 0.6) is 0 Å². The van der Waals surface area contributed by atoms with E-state index in [-0.39, 0.29) is 0 Å². The van der Waals surface area contributed by atoms with Crippen LogP contribution < -0.4 is 10.2 Å².